The minimum absolute atomic E-state index is 0.332. The van der Waals surface area contributed by atoms with Crippen LogP contribution in [0.5, 0.6) is 0 Å². The largest absolute Gasteiger partial charge is 0.363 e. The van der Waals surface area contributed by atoms with Crippen molar-refractivity contribution in [1.29, 1.82) is 0 Å². The van der Waals surface area contributed by atoms with E-state index in [9.17, 15) is 0 Å². The Bertz CT molecular complexity index is 125. The van der Waals surface area contributed by atoms with E-state index in [4.69, 9.17) is 4.74 Å². The van der Waals surface area contributed by atoms with Gasteiger partial charge in [0.15, 0.2) is 0 Å². The van der Waals surface area contributed by atoms with E-state index in [1.807, 2.05) is 0 Å². The van der Waals surface area contributed by atoms with E-state index in [2.05, 4.69) is 32.7 Å². The highest BCUT2D eigenvalue weighted by atomic mass is 16.5. The van der Waals surface area contributed by atoms with E-state index in [1.165, 1.54) is 6.42 Å². The minimum atomic E-state index is 0.332. The molecule has 0 aromatic carbocycles. The highest BCUT2D eigenvalue weighted by Gasteiger charge is 2.27. The van der Waals surface area contributed by atoms with Crippen molar-refractivity contribution in [3.8, 4) is 0 Å². The Hall–Kier alpha value is -0.0800. The van der Waals surface area contributed by atoms with E-state index in [-0.39, 0.29) is 0 Å². The smallest absolute Gasteiger partial charge is 0.112 e. The first-order valence-electron chi connectivity index (χ1n) is 4.46. The first kappa shape index (κ1) is 9.01. The molecular formula is C9H19NO. The predicted molar refractivity (Wildman–Crippen MR) is 46.4 cm³/mol. The van der Waals surface area contributed by atoms with Gasteiger partial charge in [-0.25, -0.2) is 0 Å². The molecule has 0 amide bonds. The summed E-state index contributed by atoms with van der Waals surface area (Å²) in [7, 11) is 2.15. The van der Waals surface area contributed by atoms with Crippen LogP contribution in [0.4, 0.5) is 0 Å². The van der Waals surface area contributed by atoms with E-state index in [0.717, 1.165) is 6.61 Å². The van der Waals surface area contributed by atoms with Gasteiger partial charge in [0.2, 0.25) is 0 Å². The fourth-order valence-electron chi connectivity index (χ4n) is 1.59. The van der Waals surface area contributed by atoms with Crippen LogP contribution in [-0.4, -0.2) is 30.8 Å². The molecule has 1 fully saturated rings. The molecule has 0 aromatic heterocycles. The second-order valence-electron chi connectivity index (χ2n) is 3.81. The topological polar surface area (TPSA) is 12.5 Å². The van der Waals surface area contributed by atoms with E-state index < -0.39 is 0 Å². The lowest BCUT2D eigenvalue weighted by Gasteiger charge is -2.39. The summed E-state index contributed by atoms with van der Waals surface area (Å²) in [5.41, 5.74) is 0. The molecule has 2 nitrogen and oxygen atoms in total. The summed E-state index contributed by atoms with van der Waals surface area (Å²) in [6, 6.07) is 0.677. The molecule has 2 atom stereocenters. The molecule has 1 aliphatic rings. The third-order valence-corrected chi connectivity index (χ3v) is 2.49. The second-order valence-corrected chi connectivity index (χ2v) is 3.81. The van der Waals surface area contributed by atoms with Crippen molar-refractivity contribution in [3.05, 3.63) is 0 Å². The average molecular weight is 157 g/mol. The maximum atomic E-state index is 5.65. The van der Waals surface area contributed by atoms with Crippen LogP contribution in [-0.2, 0) is 4.74 Å². The number of hydrogen-bond donors (Lipinski definition) is 0. The van der Waals surface area contributed by atoms with Crippen molar-refractivity contribution < 1.29 is 4.74 Å². The van der Waals surface area contributed by atoms with Crippen LogP contribution < -0.4 is 0 Å². The number of hydrogen-bond acceptors (Lipinski definition) is 2. The van der Waals surface area contributed by atoms with E-state index in [0.29, 0.717) is 18.2 Å². The number of rotatable bonds is 1. The summed E-state index contributed by atoms with van der Waals surface area (Å²) < 4.78 is 5.65. The van der Waals surface area contributed by atoms with Crippen LogP contribution in [0.2, 0.25) is 0 Å². The summed E-state index contributed by atoms with van der Waals surface area (Å²) in [6.07, 6.45) is 1.50. The summed E-state index contributed by atoms with van der Waals surface area (Å²) in [6.45, 7) is 7.60. The summed E-state index contributed by atoms with van der Waals surface area (Å²) >= 11 is 0. The molecule has 1 saturated heterocycles. The first-order valence-corrected chi connectivity index (χ1v) is 4.46. The van der Waals surface area contributed by atoms with Crippen molar-refractivity contribution in [2.75, 3.05) is 13.7 Å². The molecule has 0 aliphatic carbocycles. The number of nitrogens with zero attached hydrogens (tertiary/aromatic N) is 1. The van der Waals surface area contributed by atoms with Gasteiger partial charge in [-0.05, 0) is 26.3 Å². The maximum absolute atomic E-state index is 5.65. The zero-order valence-electron chi connectivity index (χ0n) is 8.00. The van der Waals surface area contributed by atoms with Gasteiger partial charge in [-0.2, -0.15) is 0 Å². The van der Waals surface area contributed by atoms with Crippen molar-refractivity contribution in [1.82, 2.24) is 4.90 Å². The molecule has 0 radical (unpaired) electrons. The molecule has 0 spiro atoms. The van der Waals surface area contributed by atoms with Crippen molar-refractivity contribution >= 4 is 0 Å². The van der Waals surface area contributed by atoms with Crippen LogP contribution in [0.15, 0.2) is 0 Å². The average Bonchev–Trinajstić information content (AvgIpc) is 1.94. The van der Waals surface area contributed by atoms with Crippen LogP contribution in [0, 0.1) is 5.92 Å². The highest BCUT2D eigenvalue weighted by Crippen LogP contribution is 2.19. The highest BCUT2D eigenvalue weighted by molar-refractivity contribution is 4.73. The quantitative estimate of drug-likeness (QED) is 0.574. The van der Waals surface area contributed by atoms with Gasteiger partial charge in [-0.1, -0.05) is 13.8 Å². The second kappa shape index (κ2) is 3.55. The lowest BCUT2D eigenvalue weighted by molar-refractivity contribution is -0.128. The number of ether oxygens (including phenoxy) is 1. The first-order chi connectivity index (χ1) is 5.13. The van der Waals surface area contributed by atoms with Gasteiger partial charge in [0.1, 0.15) is 6.23 Å². The standard InChI is InChI=1S/C9H19NO/c1-7(2)9-10(4)8(3)5-6-11-9/h7-9H,5-6H2,1-4H3/t8-,9?/m1/s1. The van der Waals surface area contributed by atoms with Crippen molar-refractivity contribution in [2.45, 2.75) is 39.5 Å². The summed E-state index contributed by atoms with van der Waals surface area (Å²) in [5, 5.41) is 0. The molecular weight excluding hydrogens is 138 g/mol. The van der Waals surface area contributed by atoms with Crippen LogP contribution in [0.1, 0.15) is 27.2 Å². The molecule has 0 N–H and O–H groups in total. The third-order valence-electron chi connectivity index (χ3n) is 2.49. The summed E-state index contributed by atoms with van der Waals surface area (Å²) in [5.74, 6) is 0.600. The lowest BCUT2D eigenvalue weighted by atomic mass is 10.1. The van der Waals surface area contributed by atoms with E-state index >= 15 is 0 Å². The lowest BCUT2D eigenvalue weighted by Crippen LogP contribution is -2.48. The Kier molecular flexibility index (Phi) is 2.90. The van der Waals surface area contributed by atoms with Crippen LogP contribution in [0.25, 0.3) is 0 Å². The Balaban J connectivity index is 2.51. The van der Waals surface area contributed by atoms with Gasteiger partial charge in [0.25, 0.3) is 0 Å². The van der Waals surface area contributed by atoms with Gasteiger partial charge in [0.05, 0.1) is 6.61 Å². The Labute approximate surface area is 69.5 Å². The molecule has 11 heavy (non-hydrogen) atoms. The minimum Gasteiger partial charge on any atom is -0.363 e. The molecule has 66 valence electrons. The third kappa shape index (κ3) is 1.94. The molecule has 1 rings (SSSR count). The Morgan fingerprint density at radius 3 is 2.55 bits per heavy atom. The SMILES string of the molecule is CC(C)C1OCC[C@@H](C)N1C. The normalized spacial score (nSPS) is 34.6. The molecule has 2 heteroatoms. The molecule has 1 unspecified atom stereocenters. The van der Waals surface area contributed by atoms with Gasteiger partial charge >= 0.3 is 0 Å². The summed E-state index contributed by atoms with van der Waals surface area (Å²) in [4.78, 5) is 2.33. The van der Waals surface area contributed by atoms with Gasteiger partial charge < -0.3 is 4.74 Å². The Morgan fingerprint density at radius 2 is 2.09 bits per heavy atom. The maximum Gasteiger partial charge on any atom is 0.112 e. The zero-order valence-corrected chi connectivity index (χ0v) is 8.00. The monoisotopic (exact) mass is 157 g/mol. The van der Waals surface area contributed by atoms with Crippen molar-refractivity contribution in [3.63, 3.8) is 0 Å². The van der Waals surface area contributed by atoms with Crippen LogP contribution in [0.3, 0.4) is 0 Å². The fourth-order valence-corrected chi connectivity index (χ4v) is 1.59. The fraction of sp³-hybridized carbons (Fsp3) is 1.00. The predicted octanol–water partition coefficient (Wildman–Crippen LogP) is 1.71. The molecule has 0 saturated carbocycles. The molecule has 0 bridgehead atoms. The van der Waals surface area contributed by atoms with E-state index in [1.54, 1.807) is 0 Å². The van der Waals surface area contributed by atoms with Gasteiger partial charge in [0, 0.05) is 6.04 Å². The Morgan fingerprint density at radius 1 is 1.45 bits per heavy atom. The van der Waals surface area contributed by atoms with Gasteiger partial charge in [-0.15, -0.1) is 0 Å². The van der Waals surface area contributed by atoms with Crippen molar-refractivity contribution in [2.24, 2.45) is 5.92 Å². The van der Waals surface area contributed by atoms with Gasteiger partial charge in [-0.3, -0.25) is 4.90 Å². The molecule has 1 aliphatic heterocycles. The molecule has 1 heterocycles. The molecule has 0 aromatic rings. The zero-order chi connectivity index (χ0) is 8.43. The van der Waals surface area contributed by atoms with Crippen LogP contribution >= 0.6 is 0 Å².